The lowest BCUT2D eigenvalue weighted by molar-refractivity contribution is -0.145. The van der Waals surface area contributed by atoms with E-state index in [0.717, 1.165) is 30.4 Å². The van der Waals surface area contributed by atoms with Gasteiger partial charge in [0, 0.05) is 13.1 Å². The Balaban J connectivity index is 3.55. The maximum absolute atomic E-state index is 14.4. The fourth-order valence-corrected chi connectivity index (χ4v) is 4.49. The predicted octanol–water partition coefficient (Wildman–Crippen LogP) is 5.76. The minimum absolute atomic E-state index is 0.0270. The summed E-state index contributed by atoms with van der Waals surface area (Å²) in [4.78, 5) is 54.6. The van der Waals surface area contributed by atoms with Crippen LogP contribution in [0, 0.1) is 19.8 Å². The van der Waals surface area contributed by atoms with Crippen molar-refractivity contribution in [3.05, 3.63) is 34.9 Å². The highest BCUT2D eigenvalue weighted by molar-refractivity contribution is 5.92. The summed E-state index contributed by atoms with van der Waals surface area (Å²) in [7, 11) is 0. The molecule has 1 aromatic rings. The molecule has 9 heteroatoms. The van der Waals surface area contributed by atoms with Crippen LogP contribution in [0.25, 0.3) is 0 Å². The SMILES string of the molecule is CCCCCCN(C(=O)C(NC(=O)OC(C)(C)C)C(C)CC)C(C(=O)NCCC(=O)OCC)c1cc(C)ccc1C. The van der Waals surface area contributed by atoms with E-state index in [-0.39, 0.29) is 37.3 Å². The summed E-state index contributed by atoms with van der Waals surface area (Å²) >= 11 is 0. The number of hydrogen-bond acceptors (Lipinski definition) is 6. The Hall–Kier alpha value is -3.10. The molecule has 3 unspecified atom stereocenters. The van der Waals surface area contributed by atoms with Crippen LogP contribution < -0.4 is 10.6 Å². The first-order chi connectivity index (χ1) is 19.2. The Bertz CT molecular complexity index is 1000. The minimum Gasteiger partial charge on any atom is -0.466 e. The number of nitrogens with zero attached hydrogens (tertiary/aromatic N) is 1. The number of hydrogen-bond donors (Lipinski definition) is 2. The van der Waals surface area contributed by atoms with E-state index >= 15 is 0 Å². The second-order valence-corrected chi connectivity index (χ2v) is 11.7. The number of aryl methyl sites for hydroxylation is 2. The maximum atomic E-state index is 14.4. The Labute approximate surface area is 247 Å². The van der Waals surface area contributed by atoms with Crippen molar-refractivity contribution in [2.24, 2.45) is 5.92 Å². The second-order valence-electron chi connectivity index (χ2n) is 11.7. The van der Waals surface area contributed by atoms with E-state index in [1.165, 1.54) is 0 Å². The average Bonchev–Trinajstić information content (AvgIpc) is 2.89. The van der Waals surface area contributed by atoms with Gasteiger partial charge in [-0.05, 0) is 65.0 Å². The zero-order chi connectivity index (χ0) is 31.2. The van der Waals surface area contributed by atoms with Gasteiger partial charge < -0.3 is 25.0 Å². The van der Waals surface area contributed by atoms with Crippen LogP contribution in [0.1, 0.15) is 110 Å². The van der Waals surface area contributed by atoms with Gasteiger partial charge in [-0.25, -0.2) is 4.79 Å². The molecule has 0 radical (unpaired) electrons. The lowest BCUT2D eigenvalue weighted by atomic mass is 9.93. The molecule has 0 bridgehead atoms. The van der Waals surface area contributed by atoms with Crippen molar-refractivity contribution >= 4 is 23.9 Å². The largest absolute Gasteiger partial charge is 0.466 e. The third kappa shape index (κ3) is 12.5. The molecule has 0 saturated heterocycles. The lowest BCUT2D eigenvalue weighted by Crippen LogP contribution is -2.55. The van der Waals surface area contributed by atoms with Crippen molar-refractivity contribution in [1.82, 2.24) is 15.5 Å². The first-order valence-corrected chi connectivity index (χ1v) is 15.1. The number of carbonyl (C=O) groups is 4. The van der Waals surface area contributed by atoms with E-state index in [9.17, 15) is 19.2 Å². The van der Waals surface area contributed by atoms with Crippen molar-refractivity contribution in [2.45, 2.75) is 119 Å². The maximum Gasteiger partial charge on any atom is 0.408 e. The van der Waals surface area contributed by atoms with E-state index in [1.54, 1.807) is 32.6 Å². The number of amides is 3. The molecule has 2 N–H and O–H groups in total. The molecule has 0 fully saturated rings. The van der Waals surface area contributed by atoms with Crippen LogP contribution in [0.2, 0.25) is 0 Å². The van der Waals surface area contributed by atoms with Crippen molar-refractivity contribution in [1.29, 1.82) is 0 Å². The Morgan fingerprint density at radius 2 is 1.68 bits per heavy atom. The number of nitrogens with one attached hydrogen (secondary N) is 2. The molecule has 0 aliphatic heterocycles. The lowest BCUT2D eigenvalue weighted by Gasteiger charge is -2.36. The third-order valence-corrected chi connectivity index (χ3v) is 6.91. The fourth-order valence-electron chi connectivity index (χ4n) is 4.49. The molecule has 0 saturated carbocycles. The molecule has 1 rings (SSSR count). The molecule has 3 atom stereocenters. The Kier molecular flexibility index (Phi) is 15.5. The number of carbonyl (C=O) groups excluding carboxylic acids is 4. The van der Waals surface area contributed by atoms with Crippen molar-refractivity contribution in [3.63, 3.8) is 0 Å². The van der Waals surface area contributed by atoms with Crippen LogP contribution in [0.5, 0.6) is 0 Å². The summed E-state index contributed by atoms with van der Waals surface area (Å²) in [6.07, 6.45) is 3.62. The van der Waals surface area contributed by atoms with Crippen LogP contribution >= 0.6 is 0 Å². The molecular formula is C32H53N3O6. The van der Waals surface area contributed by atoms with Crippen molar-refractivity contribution in [3.8, 4) is 0 Å². The Morgan fingerprint density at radius 3 is 2.27 bits per heavy atom. The molecule has 1 aromatic carbocycles. The molecule has 0 aliphatic carbocycles. The first kappa shape index (κ1) is 35.9. The van der Waals surface area contributed by atoms with Crippen LogP contribution in [-0.4, -0.2) is 60.1 Å². The summed E-state index contributed by atoms with van der Waals surface area (Å²) < 4.78 is 10.5. The highest BCUT2D eigenvalue weighted by atomic mass is 16.6. The number of ether oxygens (including phenoxy) is 2. The van der Waals surface area contributed by atoms with Crippen molar-refractivity contribution in [2.75, 3.05) is 19.7 Å². The molecule has 41 heavy (non-hydrogen) atoms. The number of esters is 1. The zero-order valence-corrected chi connectivity index (χ0v) is 26.7. The number of unbranched alkanes of at least 4 members (excludes halogenated alkanes) is 3. The van der Waals surface area contributed by atoms with E-state index in [4.69, 9.17) is 9.47 Å². The summed E-state index contributed by atoms with van der Waals surface area (Å²) in [6, 6.07) is 4.00. The second kappa shape index (κ2) is 17.7. The van der Waals surface area contributed by atoms with Crippen LogP contribution in [0.4, 0.5) is 4.79 Å². The van der Waals surface area contributed by atoms with E-state index in [2.05, 4.69) is 17.6 Å². The van der Waals surface area contributed by atoms with Crippen LogP contribution in [0.3, 0.4) is 0 Å². The number of rotatable bonds is 16. The van der Waals surface area contributed by atoms with Gasteiger partial charge in [-0.2, -0.15) is 0 Å². The van der Waals surface area contributed by atoms with Crippen LogP contribution in [0.15, 0.2) is 18.2 Å². The Morgan fingerprint density at radius 1 is 1.00 bits per heavy atom. The normalized spacial score (nSPS) is 13.5. The van der Waals surface area contributed by atoms with Gasteiger partial charge >= 0.3 is 12.1 Å². The topological polar surface area (TPSA) is 114 Å². The molecule has 9 nitrogen and oxygen atoms in total. The summed E-state index contributed by atoms with van der Waals surface area (Å²) in [6.45, 7) is 17.6. The number of alkyl carbamates (subject to hydrolysis) is 1. The molecule has 0 aromatic heterocycles. The predicted molar refractivity (Wildman–Crippen MR) is 161 cm³/mol. The van der Waals surface area contributed by atoms with Crippen LogP contribution in [-0.2, 0) is 23.9 Å². The molecule has 0 heterocycles. The van der Waals surface area contributed by atoms with Gasteiger partial charge in [-0.1, -0.05) is 70.2 Å². The quantitative estimate of drug-likeness (QED) is 0.191. The van der Waals surface area contributed by atoms with Gasteiger partial charge in [0.1, 0.15) is 17.7 Å². The van der Waals surface area contributed by atoms with Gasteiger partial charge in [0.05, 0.1) is 13.0 Å². The van der Waals surface area contributed by atoms with E-state index < -0.39 is 29.7 Å². The van der Waals surface area contributed by atoms with Gasteiger partial charge in [0.15, 0.2) is 0 Å². The molecule has 0 aliphatic rings. The molecule has 232 valence electrons. The summed E-state index contributed by atoms with van der Waals surface area (Å²) in [5.41, 5.74) is 1.81. The monoisotopic (exact) mass is 575 g/mol. The number of benzene rings is 1. The molecule has 3 amide bonds. The minimum atomic E-state index is -0.946. The van der Waals surface area contributed by atoms with Crippen molar-refractivity contribution < 1.29 is 28.7 Å². The first-order valence-electron chi connectivity index (χ1n) is 15.1. The van der Waals surface area contributed by atoms with E-state index in [0.29, 0.717) is 24.9 Å². The molecular weight excluding hydrogens is 522 g/mol. The third-order valence-electron chi connectivity index (χ3n) is 6.91. The van der Waals surface area contributed by atoms with Gasteiger partial charge in [0.2, 0.25) is 11.8 Å². The summed E-state index contributed by atoms with van der Waals surface area (Å²) in [5, 5.41) is 5.67. The fraction of sp³-hybridized carbons (Fsp3) is 0.688. The average molecular weight is 576 g/mol. The van der Waals surface area contributed by atoms with E-state index in [1.807, 2.05) is 45.9 Å². The standard InChI is InChI=1S/C32H53N3O6/c1-10-13-14-15-20-35(30(38)27(23(5)11-2)34-31(39)41-32(7,8)9)28(25-21-22(4)16-17-24(25)6)29(37)33-19-18-26(36)40-12-3/h16-17,21,23,27-28H,10-15,18-20H2,1-9H3,(H,33,37)(H,34,39). The highest BCUT2D eigenvalue weighted by Crippen LogP contribution is 2.28. The smallest absolute Gasteiger partial charge is 0.408 e. The van der Waals surface area contributed by atoms with Gasteiger partial charge in [-0.15, -0.1) is 0 Å². The zero-order valence-electron chi connectivity index (χ0n) is 26.7. The highest BCUT2D eigenvalue weighted by Gasteiger charge is 2.38. The van der Waals surface area contributed by atoms with Gasteiger partial charge in [-0.3, -0.25) is 14.4 Å². The summed E-state index contributed by atoms with van der Waals surface area (Å²) in [5.74, 6) is -1.33. The van der Waals surface area contributed by atoms with Gasteiger partial charge in [0.25, 0.3) is 0 Å². The molecule has 0 spiro atoms.